The molecule has 0 saturated carbocycles. The summed E-state index contributed by atoms with van der Waals surface area (Å²) in [6.07, 6.45) is 4.09. The van der Waals surface area contributed by atoms with E-state index < -0.39 is 15.7 Å². The number of halogens is 1. The Bertz CT molecular complexity index is 1080. The van der Waals surface area contributed by atoms with Gasteiger partial charge in [0.05, 0.1) is 10.6 Å². The lowest BCUT2D eigenvalue weighted by molar-refractivity contribution is 0.0762. The van der Waals surface area contributed by atoms with Gasteiger partial charge in [0, 0.05) is 24.1 Å². The zero-order chi connectivity index (χ0) is 28.2. The number of hydrogen-bond acceptors (Lipinski definition) is 5. The number of fused-ring (bicyclic) bond motifs is 1. The van der Waals surface area contributed by atoms with E-state index in [0.717, 1.165) is 35.7 Å². The van der Waals surface area contributed by atoms with Gasteiger partial charge in [0.25, 0.3) is 0 Å². The molecule has 2 unspecified atom stereocenters. The van der Waals surface area contributed by atoms with Gasteiger partial charge in [0.15, 0.2) is 9.84 Å². The van der Waals surface area contributed by atoms with E-state index in [-0.39, 0.29) is 22.8 Å². The summed E-state index contributed by atoms with van der Waals surface area (Å²) in [7, 11) is -3.27. The highest BCUT2D eigenvalue weighted by Gasteiger charge is 2.32. The zero-order valence-corrected chi connectivity index (χ0v) is 24.7. The van der Waals surface area contributed by atoms with Crippen molar-refractivity contribution in [3.05, 3.63) is 58.9 Å². The highest BCUT2D eigenvalue weighted by Crippen LogP contribution is 2.38. The Hall–Kier alpha value is -2.25. The maximum Gasteiger partial charge on any atom is 0.178 e. The van der Waals surface area contributed by atoms with E-state index >= 15 is 0 Å². The second-order valence-corrected chi connectivity index (χ2v) is 11.7. The summed E-state index contributed by atoms with van der Waals surface area (Å²) in [6, 6.07) is 10.3. The highest BCUT2D eigenvalue weighted by molar-refractivity contribution is 7.91. The molecule has 3 rings (SSSR count). The average Bonchev–Trinajstić information content (AvgIpc) is 2.86. The standard InChI is InChI=1S/C16H26N2O.C12H15FO2S.C2H6/c1-5-7-16(19-6-2)18-15-10-13(12(3)4)8-9-14(15)11-17;1-8(2)10-5-6-16(14,15)12-7-9(13)3-4-11(10)12;1-2/h8-12,16-18H,5-7H2,1-4H3;3-4,7-8,10H,5-6H2,1-2H3;1-2H3. The third-order valence-electron chi connectivity index (χ3n) is 6.35. The van der Waals surface area contributed by atoms with Crippen LogP contribution in [-0.2, 0) is 14.6 Å². The first-order chi connectivity index (χ1) is 17.5. The van der Waals surface area contributed by atoms with Crippen LogP contribution in [0.3, 0.4) is 0 Å². The molecule has 0 saturated heterocycles. The van der Waals surface area contributed by atoms with Crippen LogP contribution < -0.4 is 5.32 Å². The second kappa shape index (κ2) is 15.9. The maximum atomic E-state index is 13.1. The van der Waals surface area contributed by atoms with Crippen LogP contribution in [-0.4, -0.2) is 33.2 Å². The molecule has 2 aromatic carbocycles. The fourth-order valence-corrected chi connectivity index (χ4v) is 6.00. The lowest BCUT2D eigenvalue weighted by Gasteiger charge is -2.28. The lowest BCUT2D eigenvalue weighted by atomic mass is 9.86. The smallest absolute Gasteiger partial charge is 0.178 e. The SMILES string of the molecule is CC.CC(C)C1CCS(=O)(=O)c2cc(F)ccc21.CCCC(Nc1cc(C(C)C)ccc1C=N)OCC. The van der Waals surface area contributed by atoms with Gasteiger partial charge in [-0.15, -0.1) is 0 Å². The van der Waals surface area contributed by atoms with Crippen LogP contribution >= 0.6 is 0 Å². The molecule has 2 N–H and O–H groups in total. The molecule has 2 atom stereocenters. The van der Waals surface area contributed by atoms with Crippen LogP contribution in [0.15, 0.2) is 41.3 Å². The summed E-state index contributed by atoms with van der Waals surface area (Å²) in [4.78, 5) is 0.192. The molecule has 37 heavy (non-hydrogen) atoms. The monoisotopic (exact) mass is 534 g/mol. The predicted octanol–water partition coefficient (Wildman–Crippen LogP) is 8.15. The molecule has 0 spiro atoms. The topological polar surface area (TPSA) is 79.3 Å². The van der Waals surface area contributed by atoms with Crippen molar-refractivity contribution < 1.29 is 17.5 Å². The summed E-state index contributed by atoms with van der Waals surface area (Å²) in [5, 5.41) is 10.9. The van der Waals surface area contributed by atoms with Gasteiger partial charge in [0.1, 0.15) is 12.0 Å². The van der Waals surface area contributed by atoms with Crippen LogP contribution in [0.4, 0.5) is 10.1 Å². The van der Waals surface area contributed by atoms with E-state index in [1.54, 1.807) is 6.07 Å². The van der Waals surface area contributed by atoms with Crippen molar-refractivity contribution in [2.75, 3.05) is 17.7 Å². The molecular weight excluding hydrogens is 487 g/mol. The Balaban J connectivity index is 0.000000350. The lowest BCUT2D eigenvalue weighted by Crippen LogP contribution is -2.23. The molecule has 7 heteroatoms. The molecular formula is C30H47FN2O3S. The highest BCUT2D eigenvalue weighted by atomic mass is 32.2. The van der Waals surface area contributed by atoms with Crippen molar-refractivity contribution in [1.82, 2.24) is 0 Å². The minimum atomic E-state index is -3.27. The average molecular weight is 535 g/mol. The largest absolute Gasteiger partial charge is 0.360 e. The molecule has 0 aliphatic carbocycles. The molecule has 5 nitrogen and oxygen atoms in total. The Morgan fingerprint density at radius 1 is 1.11 bits per heavy atom. The third-order valence-corrected chi connectivity index (χ3v) is 8.14. The van der Waals surface area contributed by atoms with Crippen molar-refractivity contribution in [3.8, 4) is 0 Å². The quantitative estimate of drug-likeness (QED) is 0.251. The summed E-state index contributed by atoms with van der Waals surface area (Å²) in [5.41, 5.74) is 3.96. The van der Waals surface area contributed by atoms with E-state index in [4.69, 9.17) is 10.1 Å². The first kappa shape index (κ1) is 32.8. The zero-order valence-electron chi connectivity index (χ0n) is 23.9. The minimum absolute atomic E-state index is 0.0242. The Morgan fingerprint density at radius 2 is 1.78 bits per heavy atom. The van der Waals surface area contributed by atoms with Gasteiger partial charge in [-0.05, 0) is 66.8 Å². The summed E-state index contributed by atoms with van der Waals surface area (Å²) < 4.78 is 42.5. The maximum absolute atomic E-state index is 13.1. The van der Waals surface area contributed by atoms with Crippen LogP contribution in [0, 0.1) is 17.1 Å². The Morgan fingerprint density at radius 3 is 2.32 bits per heavy atom. The van der Waals surface area contributed by atoms with Gasteiger partial charge < -0.3 is 15.5 Å². The van der Waals surface area contributed by atoms with Crippen LogP contribution in [0.5, 0.6) is 0 Å². The third kappa shape index (κ3) is 9.53. The van der Waals surface area contributed by atoms with Crippen molar-refractivity contribution >= 4 is 21.7 Å². The van der Waals surface area contributed by atoms with Crippen LogP contribution in [0.1, 0.15) is 103 Å². The summed E-state index contributed by atoms with van der Waals surface area (Å²) in [5.74, 6) is 0.731. The van der Waals surface area contributed by atoms with E-state index in [9.17, 15) is 12.8 Å². The van der Waals surface area contributed by atoms with Crippen molar-refractivity contribution in [1.29, 1.82) is 5.41 Å². The normalized spacial score (nSPS) is 16.6. The molecule has 0 fully saturated rings. The van der Waals surface area contributed by atoms with Gasteiger partial charge in [-0.3, -0.25) is 0 Å². The van der Waals surface area contributed by atoms with Gasteiger partial charge in [-0.2, -0.15) is 0 Å². The molecule has 2 aromatic rings. The van der Waals surface area contributed by atoms with Gasteiger partial charge >= 0.3 is 0 Å². The number of hydrogen-bond donors (Lipinski definition) is 2. The first-order valence-electron chi connectivity index (χ1n) is 13.6. The van der Waals surface area contributed by atoms with Gasteiger partial charge in [-0.25, -0.2) is 12.8 Å². The number of anilines is 1. The Labute approximate surface area is 224 Å². The molecule has 1 aliphatic rings. The number of rotatable bonds is 9. The van der Waals surface area contributed by atoms with E-state index in [0.29, 0.717) is 24.9 Å². The van der Waals surface area contributed by atoms with Crippen molar-refractivity contribution in [2.45, 2.75) is 97.6 Å². The first-order valence-corrected chi connectivity index (χ1v) is 15.2. The van der Waals surface area contributed by atoms with Crippen molar-refractivity contribution in [3.63, 3.8) is 0 Å². The number of ether oxygens (including phenoxy) is 1. The fourth-order valence-electron chi connectivity index (χ4n) is 4.34. The molecule has 208 valence electrons. The van der Waals surface area contributed by atoms with Crippen LogP contribution in [0.2, 0.25) is 0 Å². The number of nitrogens with one attached hydrogen (secondary N) is 2. The van der Waals surface area contributed by atoms with Gasteiger partial charge in [-0.1, -0.05) is 73.1 Å². The molecule has 1 heterocycles. The number of benzene rings is 2. The molecule has 0 aromatic heterocycles. The summed E-state index contributed by atoms with van der Waals surface area (Å²) in [6.45, 7) is 17.3. The minimum Gasteiger partial charge on any atom is -0.360 e. The Kier molecular flexibility index (Phi) is 14.1. The van der Waals surface area contributed by atoms with Crippen molar-refractivity contribution in [2.24, 2.45) is 5.92 Å². The number of sulfone groups is 1. The fraction of sp³-hybridized carbons (Fsp3) is 0.567. The van der Waals surface area contributed by atoms with E-state index in [2.05, 4.69) is 52.1 Å². The second-order valence-electron chi connectivity index (χ2n) is 9.66. The molecule has 0 amide bonds. The molecule has 0 radical (unpaired) electrons. The van der Waals surface area contributed by atoms with Gasteiger partial charge in [0.2, 0.25) is 0 Å². The predicted molar refractivity (Wildman–Crippen MR) is 154 cm³/mol. The molecule has 0 bridgehead atoms. The summed E-state index contributed by atoms with van der Waals surface area (Å²) >= 11 is 0. The molecule has 1 aliphatic heterocycles. The van der Waals surface area contributed by atoms with E-state index in [1.165, 1.54) is 17.8 Å². The van der Waals surface area contributed by atoms with E-state index in [1.807, 2.05) is 26.8 Å². The van der Waals surface area contributed by atoms with Crippen LogP contribution in [0.25, 0.3) is 0 Å².